The molecule has 1 aromatic heterocycles. The number of morpholine rings is 1. The molecule has 1 aromatic carbocycles. The molecule has 1 fully saturated rings. The molecule has 0 saturated carbocycles. The van der Waals surface area contributed by atoms with Crippen LogP contribution in [0.3, 0.4) is 0 Å². The maximum atomic E-state index is 9.24. The van der Waals surface area contributed by atoms with E-state index in [-0.39, 0.29) is 12.7 Å². The Morgan fingerprint density at radius 3 is 3.00 bits per heavy atom. The summed E-state index contributed by atoms with van der Waals surface area (Å²) in [5, 5.41) is 10.4. The molecule has 106 valence electrons. The SMILES string of the molecule is CC1COC(CO)CN1Cc1ccc2ccccc2n1. The van der Waals surface area contributed by atoms with E-state index in [9.17, 15) is 5.11 Å². The van der Waals surface area contributed by atoms with E-state index in [2.05, 4.69) is 30.0 Å². The zero-order chi connectivity index (χ0) is 13.9. The Labute approximate surface area is 119 Å². The molecule has 0 aliphatic carbocycles. The van der Waals surface area contributed by atoms with Gasteiger partial charge in [0.2, 0.25) is 0 Å². The van der Waals surface area contributed by atoms with Gasteiger partial charge in [-0.25, -0.2) is 0 Å². The number of aliphatic hydroxyl groups is 1. The number of fused-ring (bicyclic) bond motifs is 1. The van der Waals surface area contributed by atoms with Gasteiger partial charge in [-0.15, -0.1) is 0 Å². The fourth-order valence-electron chi connectivity index (χ4n) is 2.61. The van der Waals surface area contributed by atoms with Crippen LogP contribution in [0.1, 0.15) is 12.6 Å². The lowest BCUT2D eigenvalue weighted by Crippen LogP contribution is -2.48. The Morgan fingerprint density at radius 2 is 2.15 bits per heavy atom. The molecule has 0 spiro atoms. The first-order valence-electron chi connectivity index (χ1n) is 7.07. The van der Waals surface area contributed by atoms with Crippen LogP contribution in [-0.4, -0.2) is 46.9 Å². The van der Waals surface area contributed by atoms with Crippen LogP contribution in [0, 0.1) is 0 Å². The number of rotatable bonds is 3. The van der Waals surface area contributed by atoms with E-state index in [1.165, 1.54) is 5.39 Å². The fourth-order valence-corrected chi connectivity index (χ4v) is 2.61. The largest absolute Gasteiger partial charge is 0.394 e. The van der Waals surface area contributed by atoms with Gasteiger partial charge < -0.3 is 9.84 Å². The first kappa shape index (κ1) is 13.5. The maximum Gasteiger partial charge on any atom is 0.0933 e. The molecule has 0 bridgehead atoms. The van der Waals surface area contributed by atoms with Gasteiger partial charge in [0, 0.05) is 24.5 Å². The number of aliphatic hydroxyl groups excluding tert-OH is 1. The van der Waals surface area contributed by atoms with Gasteiger partial charge in [0.15, 0.2) is 0 Å². The number of pyridine rings is 1. The summed E-state index contributed by atoms with van der Waals surface area (Å²) in [5.41, 5.74) is 2.10. The highest BCUT2D eigenvalue weighted by Gasteiger charge is 2.25. The van der Waals surface area contributed by atoms with E-state index in [0.29, 0.717) is 12.6 Å². The lowest BCUT2D eigenvalue weighted by Gasteiger charge is -2.37. The van der Waals surface area contributed by atoms with E-state index in [1.54, 1.807) is 0 Å². The van der Waals surface area contributed by atoms with Gasteiger partial charge in [-0.3, -0.25) is 9.88 Å². The van der Waals surface area contributed by atoms with Crippen LogP contribution in [-0.2, 0) is 11.3 Å². The summed E-state index contributed by atoms with van der Waals surface area (Å²) in [4.78, 5) is 7.03. The summed E-state index contributed by atoms with van der Waals surface area (Å²) in [6.45, 7) is 4.44. The van der Waals surface area contributed by atoms with Crippen molar-refractivity contribution < 1.29 is 9.84 Å². The van der Waals surface area contributed by atoms with E-state index in [1.807, 2.05) is 18.2 Å². The first-order chi connectivity index (χ1) is 9.76. The molecule has 20 heavy (non-hydrogen) atoms. The van der Waals surface area contributed by atoms with Gasteiger partial charge in [-0.2, -0.15) is 0 Å². The second-order valence-corrected chi connectivity index (χ2v) is 5.41. The summed E-state index contributed by atoms with van der Waals surface area (Å²) < 4.78 is 5.57. The molecule has 1 aliphatic rings. The van der Waals surface area contributed by atoms with Gasteiger partial charge in [-0.1, -0.05) is 24.3 Å². The third-order valence-electron chi connectivity index (χ3n) is 3.86. The normalized spacial score (nSPS) is 24.1. The highest BCUT2D eigenvalue weighted by molar-refractivity contribution is 5.78. The number of hydrogen-bond donors (Lipinski definition) is 1. The van der Waals surface area contributed by atoms with Crippen LogP contribution in [0.15, 0.2) is 36.4 Å². The quantitative estimate of drug-likeness (QED) is 0.925. The number of para-hydroxylation sites is 1. The molecule has 4 nitrogen and oxygen atoms in total. The molecule has 0 radical (unpaired) electrons. The Morgan fingerprint density at radius 1 is 1.30 bits per heavy atom. The van der Waals surface area contributed by atoms with Gasteiger partial charge in [-0.05, 0) is 19.1 Å². The second-order valence-electron chi connectivity index (χ2n) is 5.41. The average molecular weight is 272 g/mol. The summed E-state index contributed by atoms with van der Waals surface area (Å²) in [6.07, 6.45) is -0.0772. The molecule has 2 unspecified atom stereocenters. The predicted octanol–water partition coefficient (Wildman–Crippen LogP) is 1.82. The van der Waals surface area contributed by atoms with Gasteiger partial charge in [0.1, 0.15) is 0 Å². The zero-order valence-electron chi connectivity index (χ0n) is 11.7. The Kier molecular flexibility index (Phi) is 3.96. The number of benzene rings is 1. The van der Waals surface area contributed by atoms with E-state index in [0.717, 1.165) is 24.3 Å². The van der Waals surface area contributed by atoms with Crippen LogP contribution in [0.2, 0.25) is 0 Å². The lowest BCUT2D eigenvalue weighted by molar-refractivity contribution is -0.0808. The molecule has 2 aromatic rings. The van der Waals surface area contributed by atoms with Gasteiger partial charge in [0.05, 0.1) is 30.5 Å². The molecule has 2 heterocycles. The van der Waals surface area contributed by atoms with Crippen molar-refractivity contribution in [3.8, 4) is 0 Å². The molecular formula is C16H20N2O2. The van der Waals surface area contributed by atoms with Crippen molar-refractivity contribution >= 4 is 10.9 Å². The monoisotopic (exact) mass is 272 g/mol. The Balaban J connectivity index is 1.77. The van der Waals surface area contributed by atoms with E-state index in [4.69, 9.17) is 9.72 Å². The molecule has 4 heteroatoms. The topological polar surface area (TPSA) is 45.6 Å². The highest BCUT2D eigenvalue weighted by atomic mass is 16.5. The van der Waals surface area contributed by atoms with Crippen molar-refractivity contribution in [2.75, 3.05) is 19.8 Å². The highest BCUT2D eigenvalue weighted by Crippen LogP contribution is 2.17. The van der Waals surface area contributed by atoms with Gasteiger partial charge in [0.25, 0.3) is 0 Å². The lowest BCUT2D eigenvalue weighted by atomic mass is 10.1. The van der Waals surface area contributed by atoms with Crippen molar-refractivity contribution in [2.45, 2.75) is 25.6 Å². The molecule has 3 rings (SSSR count). The van der Waals surface area contributed by atoms with Crippen molar-refractivity contribution in [2.24, 2.45) is 0 Å². The minimum Gasteiger partial charge on any atom is -0.394 e. The predicted molar refractivity (Wildman–Crippen MR) is 78.4 cm³/mol. The fraction of sp³-hybridized carbons (Fsp3) is 0.438. The summed E-state index contributed by atoms with van der Waals surface area (Å²) in [6, 6.07) is 12.7. The summed E-state index contributed by atoms with van der Waals surface area (Å²) in [5.74, 6) is 0. The smallest absolute Gasteiger partial charge is 0.0933 e. The van der Waals surface area contributed by atoms with Crippen LogP contribution in [0.25, 0.3) is 10.9 Å². The zero-order valence-corrected chi connectivity index (χ0v) is 11.7. The van der Waals surface area contributed by atoms with Crippen LogP contribution in [0.4, 0.5) is 0 Å². The third-order valence-corrected chi connectivity index (χ3v) is 3.86. The van der Waals surface area contributed by atoms with Crippen LogP contribution >= 0.6 is 0 Å². The summed E-state index contributed by atoms with van der Waals surface area (Å²) in [7, 11) is 0. The molecule has 2 atom stereocenters. The third kappa shape index (κ3) is 2.82. The standard InChI is InChI=1S/C16H20N2O2/c1-12-11-20-15(10-19)9-18(12)8-14-7-6-13-4-2-3-5-16(13)17-14/h2-7,12,15,19H,8-11H2,1H3. The van der Waals surface area contributed by atoms with E-state index < -0.39 is 0 Å². The average Bonchev–Trinajstić information content (AvgIpc) is 2.49. The Hall–Kier alpha value is -1.49. The molecule has 1 saturated heterocycles. The number of aromatic nitrogens is 1. The van der Waals surface area contributed by atoms with Crippen molar-refractivity contribution in [3.05, 3.63) is 42.1 Å². The second kappa shape index (κ2) is 5.87. The number of hydrogen-bond acceptors (Lipinski definition) is 4. The summed E-state index contributed by atoms with van der Waals surface area (Å²) >= 11 is 0. The number of nitrogens with zero attached hydrogens (tertiary/aromatic N) is 2. The van der Waals surface area contributed by atoms with Crippen molar-refractivity contribution in [1.29, 1.82) is 0 Å². The number of ether oxygens (including phenoxy) is 1. The first-order valence-corrected chi connectivity index (χ1v) is 7.07. The van der Waals surface area contributed by atoms with Gasteiger partial charge >= 0.3 is 0 Å². The molecule has 1 aliphatic heterocycles. The van der Waals surface area contributed by atoms with Crippen molar-refractivity contribution in [1.82, 2.24) is 9.88 Å². The van der Waals surface area contributed by atoms with Crippen molar-refractivity contribution in [3.63, 3.8) is 0 Å². The molecule has 1 N–H and O–H groups in total. The van der Waals surface area contributed by atoms with Crippen LogP contribution < -0.4 is 0 Å². The molecular weight excluding hydrogens is 252 g/mol. The Bertz CT molecular complexity index is 587. The minimum absolute atomic E-state index is 0.0772. The molecule has 0 amide bonds. The van der Waals surface area contributed by atoms with Crippen LogP contribution in [0.5, 0.6) is 0 Å². The van der Waals surface area contributed by atoms with E-state index >= 15 is 0 Å². The maximum absolute atomic E-state index is 9.24. The minimum atomic E-state index is -0.0772.